The van der Waals surface area contributed by atoms with Gasteiger partial charge >= 0.3 is 0 Å². The number of aromatic nitrogens is 4. The quantitative estimate of drug-likeness (QED) is 0.172. The molecular formula is C51H32N4O. The minimum Gasteiger partial charge on any atom is -0.456 e. The summed E-state index contributed by atoms with van der Waals surface area (Å²) >= 11 is 0. The summed E-state index contributed by atoms with van der Waals surface area (Å²) < 4.78 is 9.22. The van der Waals surface area contributed by atoms with E-state index in [1.165, 1.54) is 10.8 Å². The third-order valence-electron chi connectivity index (χ3n) is 10.7. The molecular weight excluding hydrogens is 685 g/mol. The van der Waals surface area contributed by atoms with E-state index in [1.807, 2.05) is 54.6 Å². The topological polar surface area (TPSA) is 56.7 Å². The monoisotopic (exact) mass is 716 g/mol. The summed E-state index contributed by atoms with van der Waals surface area (Å²) in [6, 6.07) is 67.3. The number of fused-ring (bicyclic) bond motifs is 6. The standard InChI is InChI=1S/C51H32N4O/c1-4-15-33(16-5-1)35-27-29-37(30-28-35)50-52-49(36-19-8-3-9-20-36)53-51(54-50)41-23-14-26-45-47(41)48-44(31-38(32-46(48)56-45)34-17-6-2-7-18-34)55-42-24-12-10-21-39(42)40-22-11-13-25-43(40)55/h1-32H. The van der Waals surface area contributed by atoms with E-state index < -0.39 is 0 Å². The molecule has 0 aliphatic heterocycles. The third kappa shape index (κ3) is 5.29. The lowest BCUT2D eigenvalue weighted by molar-refractivity contribution is 0.669. The van der Waals surface area contributed by atoms with Gasteiger partial charge in [0, 0.05) is 32.8 Å². The van der Waals surface area contributed by atoms with Crippen molar-refractivity contribution in [3.63, 3.8) is 0 Å². The maximum Gasteiger partial charge on any atom is 0.164 e. The van der Waals surface area contributed by atoms with Crippen LogP contribution in [-0.2, 0) is 0 Å². The lowest BCUT2D eigenvalue weighted by atomic mass is 9.99. The number of nitrogens with zero attached hydrogens (tertiary/aromatic N) is 4. The van der Waals surface area contributed by atoms with Crippen LogP contribution in [0.1, 0.15) is 0 Å². The largest absolute Gasteiger partial charge is 0.456 e. The van der Waals surface area contributed by atoms with E-state index in [9.17, 15) is 0 Å². The first-order chi connectivity index (χ1) is 27.8. The van der Waals surface area contributed by atoms with Crippen LogP contribution >= 0.6 is 0 Å². The van der Waals surface area contributed by atoms with E-state index in [4.69, 9.17) is 19.4 Å². The highest BCUT2D eigenvalue weighted by Crippen LogP contribution is 2.44. The van der Waals surface area contributed by atoms with Gasteiger partial charge in [-0.3, -0.25) is 0 Å². The number of furan rings is 1. The Morgan fingerprint density at radius 3 is 1.45 bits per heavy atom. The Balaban J connectivity index is 1.19. The van der Waals surface area contributed by atoms with Gasteiger partial charge in [0.1, 0.15) is 11.2 Å². The van der Waals surface area contributed by atoms with Crippen molar-refractivity contribution in [1.82, 2.24) is 19.5 Å². The van der Waals surface area contributed by atoms with Crippen molar-refractivity contribution in [2.24, 2.45) is 0 Å². The molecule has 56 heavy (non-hydrogen) atoms. The molecule has 0 N–H and O–H groups in total. The smallest absolute Gasteiger partial charge is 0.164 e. The van der Waals surface area contributed by atoms with Gasteiger partial charge < -0.3 is 8.98 Å². The highest BCUT2D eigenvalue weighted by Gasteiger charge is 2.23. The first-order valence-electron chi connectivity index (χ1n) is 18.8. The van der Waals surface area contributed by atoms with Crippen molar-refractivity contribution in [2.45, 2.75) is 0 Å². The number of benzene rings is 8. The van der Waals surface area contributed by atoms with Crippen LogP contribution in [0.15, 0.2) is 199 Å². The first kappa shape index (κ1) is 31.9. The molecule has 3 heterocycles. The van der Waals surface area contributed by atoms with E-state index in [1.54, 1.807) is 0 Å². The summed E-state index contributed by atoms with van der Waals surface area (Å²) in [6.45, 7) is 0. The molecule has 0 bridgehead atoms. The predicted octanol–water partition coefficient (Wildman–Crippen LogP) is 13.2. The van der Waals surface area contributed by atoms with Gasteiger partial charge in [-0.15, -0.1) is 0 Å². The van der Waals surface area contributed by atoms with Crippen LogP contribution in [0, 0.1) is 0 Å². The van der Waals surface area contributed by atoms with Crippen molar-refractivity contribution in [1.29, 1.82) is 0 Å². The average molecular weight is 717 g/mol. The Morgan fingerprint density at radius 1 is 0.339 bits per heavy atom. The van der Waals surface area contributed by atoms with E-state index in [-0.39, 0.29) is 0 Å². The van der Waals surface area contributed by atoms with Crippen molar-refractivity contribution >= 4 is 43.7 Å². The van der Waals surface area contributed by atoms with E-state index in [0.717, 1.165) is 77.6 Å². The zero-order valence-electron chi connectivity index (χ0n) is 30.2. The van der Waals surface area contributed by atoms with Crippen LogP contribution in [0.3, 0.4) is 0 Å². The number of hydrogen-bond acceptors (Lipinski definition) is 4. The first-order valence-corrected chi connectivity index (χ1v) is 18.8. The van der Waals surface area contributed by atoms with E-state index in [2.05, 4.69) is 144 Å². The van der Waals surface area contributed by atoms with E-state index in [0.29, 0.717) is 17.5 Å². The summed E-state index contributed by atoms with van der Waals surface area (Å²) in [4.78, 5) is 15.5. The SMILES string of the molecule is c1ccc(-c2ccc(-c3nc(-c4ccccc4)nc(-c4cccc5oc6cc(-c7ccccc7)cc(-n7c8ccccc8c8ccccc87)c6c45)n3)cc2)cc1. The van der Waals surface area contributed by atoms with Crippen LogP contribution in [0.5, 0.6) is 0 Å². The van der Waals surface area contributed by atoms with Gasteiger partial charge in [0.2, 0.25) is 0 Å². The third-order valence-corrected chi connectivity index (χ3v) is 10.7. The molecule has 8 aromatic carbocycles. The van der Waals surface area contributed by atoms with Gasteiger partial charge in [-0.2, -0.15) is 0 Å². The summed E-state index contributed by atoms with van der Waals surface area (Å²) in [5.41, 5.74) is 12.0. The van der Waals surface area contributed by atoms with Gasteiger partial charge in [0.05, 0.1) is 22.1 Å². The minimum absolute atomic E-state index is 0.578. The van der Waals surface area contributed by atoms with Crippen molar-refractivity contribution in [2.75, 3.05) is 0 Å². The highest BCUT2D eigenvalue weighted by atomic mass is 16.3. The molecule has 0 aliphatic rings. The second-order valence-corrected chi connectivity index (χ2v) is 14.0. The average Bonchev–Trinajstić information content (AvgIpc) is 3.83. The molecule has 0 atom stereocenters. The van der Waals surface area contributed by atoms with Gasteiger partial charge in [-0.05, 0) is 52.6 Å². The van der Waals surface area contributed by atoms with Crippen molar-refractivity contribution in [3.8, 4) is 62.1 Å². The van der Waals surface area contributed by atoms with Gasteiger partial charge in [0.15, 0.2) is 17.5 Å². The van der Waals surface area contributed by atoms with Crippen LogP contribution < -0.4 is 0 Å². The maximum atomic E-state index is 6.84. The van der Waals surface area contributed by atoms with Crippen LogP contribution in [0.2, 0.25) is 0 Å². The number of para-hydroxylation sites is 2. The van der Waals surface area contributed by atoms with Crippen LogP contribution in [-0.4, -0.2) is 19.5 Å². The minimum atomic E-state index is 0.578. The van der Waals surface area contributed by atoms with Gasteiger partial charge in [-0.1, -0.05) is 164 Å². The second-order valence-electron chi connectivity index (χ2n) is 14.0. The lowest BCUT2D eigenvalue weighted by Crippen LogP contribution is -2.01. The Hall–Kier alpha value is -7.63. The molecule has 11 aromatic rings. The molecule has 11 rings (SSSR count). The molecule has 0 amide bonds. The Morgan fingerprint density at radius 2 is 0.821 bits per heavy atom. The van der Waals surface area contributed by atoms with Crippen molar-refractivity contribution < 1.29 is 4.42 Å². The molecule has 0 aliphatic carbocycles. The van der Waals surface area contributed by atoms with Crippen molar-refractivity contribution in [3.05, 3.63) is 194 Å². The summed E-state index contributed by atoms with van der Waals surface area (Å²) in [5.74, 6) is 1.79. The lowest BCUT2D eigenvalue weighted by Gasteiger charge is -2.13. The second kappa shape index (κ2) is 13.0. The fourth-order valence-electron chi connectivity index (χ4n) is 8.05. The van der Waals surface area contributed by atoms with Crippen LogP contribution in [0.25, 0.3) is 106 Å². The highest BCUT2D eigenvalue weighted by molar-refractivity contribution is 6.18. The predicted molar refractivity (Wildman–Crippen MR) is 229 cm³/mol. The zero-order chi connectivity index (χ0) is 37.0. The Labute approximate surface area is 322 Å². The van der Waals surface area contributed by atoms with E-state index >= 15 is 0 Å². The molecule has 0 unspecified atom stereocenters. The molecule has 5 heteroatoms. The maximum absolute atomic E-state index is 6.84. The molecule has 262 valence electrons. The molecule has 0 fully saturated rings. The van der Waals surface area contributed by atoms with Crippen LogP contribution in [0.4, 0.5) is 0 Å². The van der Waals surface area contributed by atoms with Gasteiger partial charge in [-0.25, -0.2) is 15.0 Å². The summed E-state index contributed by atoms with van der Waals surface area (Å²) in [5, 5.41) is 4.34. The molecule has 3 aromatic heterocycles. The number of rotatable bonds is 6. The molecule has 0 spiro atoms. The van der Waals surface area contributed by atoms with Gasteiger partial charge in [0.25, 0.3) is 0 Å². The normalized spacial score (nSPS) is 11.6. The number of hydrogen-bond donors (Lipinski definition) is 0. The molecule has 0 saturated carbocycles. The summed E-state index contributed by atoms with van der Waals surface area (Å²) in [6.07, 6.45) is 0. The molecule has 5 nitrogen and oxygen atoms in total. The molecule has 0 saturated heterocycles. The molecule has 0 radical (unpaired) electrons. The Bertz CT molecular complexity index is 3170. The summed E-state index contributed by atoms with van der Waals surface area (Å²) in [7, 11) is 0. The fraction of sp³-hybridized carbons (Fsp3) is 0. The zero-order valence-corrected chi connectivity index (χ0v) is 30.2. The Kier molecular flexibility index (Phi) is 7.42. The fourth-order valence-corrected chi connectivity index (χ4v) is 8.05.